The van der Waals surface area contributed by atoms with Crippen LogP contribution in [0.25, 0.3) is 0 Å². The third-order valence-electron chi connectivity index (χ3n) is 5.33. The Labute approximate surface area is 161 Å². The number of methoxy groups -OCH3 is 1. The van der Waals surface area contributed by atoms with E-state index in [0.717, 1.165) is 38.4 Å². The van der Waals surface area contributed by atoms with E-state index >= 15 is 0 Å². The molecule has 27 heavy (non-hydrogen) atoms. The van der Waals surface area contributed by atoms with Gasteiger partial charge in [-0.25, -0.2) is 0 Å². The van der Waals surface area contributed by atoms with Crippen LogP contribution < -0.4 is 15.0 Å². The third kappa shape index (κ3) is 4.80. The predicted molar refractivity (Wildman–Crippen MR) is 111 cm³/mol. The number of hydrogen-bond donors (Lipinski definition) is 1. The maximum Gasteiger partial charge on any atom is 0.225 e. The number of amides is 1. The third-order valence-corrected chi connectivity index (χ3v) is 5.33. The second-order valence-electron chi connectivity index (χ2n) is 7.05. The summed E-state index contributed by atoms with van der Waals surface area (Å²) in [4.78, 5) is 17.1. The van der Waals surface area contributed by atoms with Gasteiger partial charge in [-0.3, -0.25) is 9.69 Å². The smallest absolute Gasteiger partial charge is 0.225 e. The molecule has 1 fully saturated rings. The van der Waals surface area contributed by atoms with E-state index in [9.17, 15) is 4.79 Å². The molecule has 0 aromatic heterocycles. The molecule has 0 spiro atoms. The number of carbonyl (C=O) groups excluding carboxylic acids is 1. The Morgan fingerprint density at radius 1 is 1.04 bits per heavy atom. The molecule has 1 aliphatic rings. The minimum absolute atomic E-state index is 0.0245. The number of piperazine rings is 1. The summed E-state index contributed by atoms with van der Waals surface area (Å²) in [5.74, 6) is 0.712. The lowest BCUT2D eigenvalue weighted by Crippen LogP contribution is -2.47. The number of rotatable bonds is 6. The zero-order valence-electron chi connectivity index (χ0n) is 16.5. The van der Waals surface area contributed by atoms with E-state index in [0.29, 0.717) is 12.2 Å². The van der Waals surface area contributed by atoms with Crippen molar-refractivity contribution in [3.05, 3.63) is 53.6 Å². The molecule has 1 aliphatic heterocycles. The number of para-hydroxylation sites is 2. The normalized spacial score (nSPS) is 14.9. The maximum atomic E-state index is 12.3. The van der Waals surface area contributed by atoms with E-state index in [4.69, 9.17) is 4.74 Å². The highest BCUT2D eigenvalue weighted by Crippen LogP contribution is 2.24. The first-order valence-corrected chi connectivity index (χ1v) is 9.55. The Morgan fingerprint density at radius 3 is 2.52 bits per heavy atom. The second kappa shape index (κ2) is 8.91. The molecule has 5 nitrogen and oxygen atoms in total. The molecule has 2 aromatic rings. The van der Waals surface area contributed by atoms with Crippen LogP contribution in [0.1, 0.15) is 17.5 Å². The summed E-state index contributed by atoms with van der Waals surface area (Å²) in [6, 6.07) is 14.0. The van der Waals surface area contributed by atoms with Crippen molar-refractivity contribution in [3.8, 4) is 5.75 Å². The zero-order chi connectivity index (χ0) is 19.2. The molecular formula is C22H29N3O2. The van der Waals surface area contributed by atoms with E-state index in [-0.39, 0.29) is 5.91 Å². The topological polar surface area (TPSA) is 44.8 Å². The van der Waals surface area contributed by atoms with Gasteiger partial charge in [0.2, 0.25) is 5.91 Å². The van der Waals surface area contributed by atoms with E-state index in [1.807, 2.05) is 24.3 Å². The molecule has 5 heteroatoms. The van der Waals surface area contributed by atoms with Crippen molar-refractivity contribution in [2.45, 2.75) is 20.3 Å². The molecular weight excluding hydrogens is 338 g/mol. The van der Waals surface area contributed by atoms with Crippen molar-refractivity contribution in [1.82, 2.24) is 4.90 Å². The maximum absolute atomic E-state index is 12.3. The van der Waals surface area contributed by atoms with Crippen LogP contribution in [-0.2, 0) is 4.79 Å². The summed E-state index contributed by atoms with van der Waals surface area (Å²) >= 11 is 0. The van der Waals surface area contributed by atoms with Crippen molar-refractivity contribution in [3.63, 3.8) is 0 Å². The number of anilines is 2. The molecule has 144 valence electrons. The van der Waals surface area contributed by atoms with Gasteiger partial charge in [-0.1, -0.05) is 24.3 Å². The van der Waals surface area contributed by atoms with Crippen LogP contribution in [0.15, 0.2) is 42.5 Å². The van der Waals surface area contributed by atoms with Crippen LogP contribution >= 0.6 is 0 Å². The van der Waals surface area contributed by atoms with Gasteiger partial charge in [0.05, 0.1) is 12.8 Å². The summed E-state index contributed by atoms with van der Waals surface area (Å²) in [5, 5.41) is 2.95. The number of nitrogens with one attached hydrogen (secondary N) is 1. The molecule has 1 amide bonds. The molecule has 1 heterocycles. The second-order valence-corrected chi connectivity index (χ2v) is 7.05. The van der Waals surface area contributed by atoms with Crippen LogP contribution in [0.3, 0.4) is 0 Å². The predicted octanol–water partition coefficient (Wildman–Crippen LogP) is 3.46. The molecule has 3 rings (SSSR count). The number of benzene rings is 2. The number of hydrogen-bond acceptors (Lipinski definition) is 4. The SMILES string of the molecule is COc1ccccc1NC(=O)CCN1CCN(c2cccc(C)c2C)CC1. The lowest BCUT2D eigenvalue weighted by molar-refractivity contribution is -0.116. The van der Waals surface area contributed by atoms with Crippen LogP contribution in [0.2, 0.25) is 0 Å². The summed E-state index contributed by atoms with van der Waals surface area (Å²) in [6.07, 6.45) is 0.488. The van der Waals surface area contributed by atoms with Gasteiger partial charge in [0.15, 0.2) is 0 Å². The minimum Gasteiger partial charge on any atom is -0.495 e. The Bertz CT molecular complexity index is 783. The van der Waals surface area contributed by atoms with Gasteiger partial charge in [0, 0.05) is 44.8 Å². The zero-order valence-corrected chi connectivity index (χ0v) is 16.5. The van der Waals surface area contributed by atoms with Gasteiger partial charge in [0.25, 0.3) is 0 Å². The van der Waals surface area contributed by atoms with Gasteiger partial charge in [-0.05, 0) is 43.2 Å². The van der Waals surface area contributed by atoms with Crippen molar-refractivity contribution >= 4 is 17.3 Å². The largest absolute Gasteiger partial charge is 0.495 e. The first kappa shape index (κ1) is 19.2. The standard InChI is InChI=1S/C22H29N3O2/c1-17-7-6-9-20(18(17)2)25-15-13-24(14-16-25)12-11-22(26)23-19-8-4-5-10-21(19)27-3/h4-10H,11-16H2,1-3H3,(H,23,26). The van der Waals surface area contributed by atoms with Gasteiger partial charge >= 0.3 is 0 Å². The van der Waals surface area contributed by atoms with Gasteiger partial charge in [0.1, 0.15) is 5.75 Å². The molecule has 1 saturated heterocycles. The summed E-state index contributed by atoms with van der Waals surface area (Å²) in [6.45, 7) is 9.10. The van der Waals surface area contributed by atoms with Gasteiger partial charge in [-0.15, -0.1) is 0 Å². The average Bonchev–Trinajstić information content (AvgIpc) is 2.69. The lowest BCUT2D eigenvalue weighted by Gasteiger charge is -2.37. The fraction of sp³-hybridized carbons (Fsp3) is 0.409. The summed E-state index contributed by atoms with van der Waals surface area (Å²) in [5.41, 5.74) is 4.76. The summed E-state index contributed by atoms with van der Waals surface area (Å²) in [7, 11) is 1.61. The first-order valence-electron chi connectivity index (χ1n) is 9.55. The molecule has 0 bridgehead atoms. The fourth-order valence-corrected chi connectivity index (χ4v) is 3.51. The highest BCUT2D eigenvalue weighted by atomic mass is 16.5. The fourth-order valence-electron chi connectivity index (χ4n) is 3.51. The van der Waals surface area contributed by atoms with E-state index in [2.05, 4.69) is 47.2 Å². The molecule has 1 N–H and O–H groups in total. The van der Waals surface area contributed by atoms with E-state index in [1.165, 1.54) is 16.8 Å². The minimum atomic E-state index is 0.0245. The van der Waals surface area contributed by atoms with Crippen molar-refractivity contribution in [2.75, 3.05) is 50.1 Å². The Hall–Kier alpha value is -2.53. The number of aryl methyl sites for hydroxylation is 1. The highest BCUT2D eigenvalue weighted by Gasteiger charge is 2.19. The molecule has 0 saturated carbocycles. The Morgan fingerprint density at radius 2 is 1.78 bits per heavy atom. The van der Waals surface area contributed by atoms with E-state index in [1.54, 1.807) is 7.11 Å². The number of nitrogens with zero attached hydrogens (tertiary/aromatic N) is 2. The first-order chi connectivity index (χ1) is 13.1. The molecule has 2 aromatic carbocycles. The van der Waals surface area contributed by atoms with Crippen molar-refractivity contribution in [2.24, 2.45) is 0 Å². The van der Waals surface area contributed by atoms with E-state index < -0.39 is 0 Å². The van der Waals surface area contributed by atoms with Crippen LogP contribution in [0.4, 0.5) is 11.4 Å². The summed E-state index contributed by atoms with van der Waals surface area (Å²) < 4.78 is 5.28. The van der Waals surface area contributed by atoms with Gasteiger partial charge < -0.3 is 15.0 Å². The Balaban J connectivity index is 1.47. The molecule has 0 aliphatic carbocycles. The van der Waals surface area contributed by atoms with Crippen LogP contribution in [0.5, 0.6) is 5.75 Å². The van der Waals surface area contributed by atoms with Crippen LogP contribution in [0, 0.1) is 13.8 Å². The molecule has 0 unspecified atom stereocenters. The molecule has 0 radical (unpaired) electrons. The highest BCUT2D eigenvalue weighted by molar-refractivity contribution is 5.92. The van der Waals surface area contributed by atoms with Crippen molar-refractivity contribution < 1.29 is 9.53 Å². The number of ether oxygens (including phenoxy) is 1. The van der Waals surface area contributed by atoms with Gasteiger partial charge in [-0.2, -0.15) is 0 Å². The molecule has 0 atom stereocenters. The van der Waals surface area contributed by atoms with Crippen LogP contribution in [-0.4, -0.2) is 50.6 Å². The lowest BCUT2D eigenvalue weighted by atomic mass is 10.1. The average molecular weight is 367 g/mol. The monoisotopic (exact) mass is 367 g/mol. The number of carbonyl (C=O) groups is 1. The quantitative estimate of drug-likeness (QED) is 0.849. The van der Waals surface area contributed by atoms with Crippen molar-refractivity contribution in [1.29, 1.82) is 0 Å². The Kier molecular flexibility index (Phi) is 6.35.